The molecule has 1 aromatic heterocycles. The number of nitrogens with zero attached hydrogens (tertiary/aromatic N) is 1. The summed E-state index contributed by atoms with van der Waals surface area (Å²) in [7, 11) is 0. The summed E-state index contributed by atoms with van der Waals surface area (Å²) in [6.45, 7) is 1.76. The molecule has 0 radical (unpaired) electrons. The third kappa shape index (κ3) is 2.40. The molecule has 3 heteroatoms. The molecule has 2 aromatic rings. The second-order valence-electron chi connectivity index (χ2n) is 4.32. The van der Waals surface area contributed by atoms with Gasteiger partial charge in [0.05, 0.1) is 9.88 Å². The minimum absolute atomic E-state index is 0.603. The molecule has 3 rings (SSSR count). The van der Waals surface area contributed by atoms with Crippen molar-refractivity contribution < 1.29 is 4.74 Å². The van der Waals surface area contributed by atoms with Crippen LogP contribution in [0.5, 0.6) is 0 Å². The molecule has 17 heavy (non-hydrogen) atoms. The van der Waals surface area contributed by atoms with Crippen LogP contribution < -0.4 is 0 Å². The summed E-state index contributed by atoms with van der Waals surface area (Å²) in [5, 5.41) is 1.27. The first-order valence-corrected chi connectivity index (χ1v) is 6.84. The third-order valence-corrected chi connectivity index (χ3v) is 4.36. The smallest absolute Gasteiger partial charge is 0.0963 e. The van der Waals surface area contributed by atoms with E-state index in [0.29, 0.717) is 5.92 Å². The van der Waals surface area contributed by atoms with E-state index in [-0.39, 0.29) is 0 Å². The number of thiazole rings is 1. The number of rotatable bonds is 2. The van der Waals surface area contributed by atoms with Gasteiger partial charge in [0.2, 0.25) is 0 Å². The molecule has 1 aliphatic rings. The third-order valence-electron chi connectivity index (χ3n) is 3.15. The first-order chi connectivity index (χ1) is 8.43. The van der Waals surface area contributed by atoms with E-state index in [0.717, 1.165) is 26.1 Å². The molecule has 88 valence electrons. The first kappa shape index (κ1) is 10.9. The van der Waals surface area contributed by atoms with Gasteiger partial charge in [-0.1, -0.05) is 30.3 Å². The van der Waals surface area contributed by atoms with E-state index < -0.39 is 0 Å². The van der Waals surface area contributed by atoms with Crippen LogP contribution >= 0.6 is 11.3 Å². The van der Waals surface area contributed by atoms with E-state index in [1.807, 2.05) is 23.6 Å². The summed E-state index contributed by atoms with van der Waals surface area (Å²) < 4.78 is 5.39. The normalized spacial score (nSPS) is 17.2. The lowest BCUT2D eigenvalue weighted by atomic mass is 10.0. The van der Waals surface area contributed by atoms with E-state index in [1.165, 1.54) is 15.4 Å². The van der Waals surface area contributed by atoms with E-state index in [1.54, 1.807) is 0 Å². The van der Waals surface area contributed by atoms with E-state index in [2.05, 4.69) is 29.2 Å². The highest BCUT2D eigenvalue weighted by molar-refractivity contribution is 7.15. The lowest BCUT2D eigenvalue weighted by Gasteiger charge is -2.19. The predicted molar refractivity (Wildman–Crippen MR) is 70.3 cm³/mol. The SMILES string of the molecule is c1ccc(-c2cnc(C3CCOCC3)s2)cc1. The monoisotopic (exact) mass is 245 g/mol. The van der Waals surface area contributed by atoms with Crippen molar-refractivity contribution in [2.24, 2.45) is 0 Å². The summed E-state index contributed by atoms with van der Waals surface area (Å²) in [5.74, 6) is 0.603. The average Bonchev–Trinajstić information content (AvgIpc) is 2.90. The Bertz CT molecular complexity index is 474. The Labute approximate surface area is 105 Å². The average molecular weight is 245 g/mol. The van der Waals surface area contributed by atoms with Crippen LogP contribution in [-0.4, -0.2) is 18.2 Å². The maximum atomic E-state index is 5.39. The first-order valence-electron chi connectivity index (χ1n) is 6.02. The topological polar surface area (TPSA) is 22.1 Å². The van der Waals surface area contributed by atoms with Gasteiger partial charge >= 0.3 is 0 Å². The Morgan fingerprint density at radius 2 is 1.88 bits per heavy atom. The van der Waals surface area contributed by atoms with Crippen LogP contribution in [0.3, 0.4) is 0 Å². The number of ether oxygens (including phenoxy) is 1. The van der Waals surface area contributed by atoms with Crippen LogP contribution in [0.4, 0.5) is 0 Å². The summed E-state index contributed by atoms with van der Waals surface area (Å²) in [5.41, 5.74) is 1.27. The molecule has 0 atom stereocenters. The highest BCUT2D eigenvalue weighted by atomic mass is 32.1. The molecule has 1 aliphatic heterocycles. The van der Waals surface area contributed by atoms with Crippen molar-refractivity contribution in [1.82, 2.24) is 4.98 Å². The molecule has 1 fully saturated rings. The largest absolute Gasteiger partial charge is 0.381 e. The molecule has 2 nitrogen and oxygen atoms in total. The molecular weight excluding hydrogens is 230 g/mol. The van der Waals surface area contributed by atoms with Crippen LogP contribution in [0.25, 0.3) is 10.4 Å². The zero-order valence-corrected chi connectivity index (χ0v) is 10.5. The molecule has 0 N–H and O–H groups in total. The van der Waals surface area contributed by atoms with Crippen LogP contribution in [-0.2, 0) is 4.74 Å². The van der Waals surface area contributed by atoms with Crippen molar-refractivity contribution in [2.75, 3.05) is 13.2 Å². The van der Waals surface area contributed by atoms with Crippen LogP contribution in [0.2, 0.25) is 0 Å². The minimum Gasteiger partial charge on any atom is -0.381 e. The molecule has 2 heterocycles. The van der Waals surface area contributed by atoms with Gasteiger partial charge in [0.1, 0.15) is 0 Å². The quantitative estimate of drug-likeness (QED) is 0.804. The number of benzene rings is 1. The maximum Gasteiger partial charge on any atom is 0.0963 e. The van der Waals surface area contributed by atoms with Gasteiger partial charge in [-0.3, -0.25) is 0 Å². The van der Waals surface area contributed by atoms with Crippen molar-refractivity contribution in [3.8, 4) is 10.4 Å². The van der Waals surface area contributed by atoms with Crippen molar-refractivity contribution in [2.45, 2.75) is 18.8 Å². The van der Waals surface area contributed by atoms with Gasteiger partial charge in [-0.15, -0.1) is 11.3 Å². The molecule has 0 unspecified atom stereocenters. The molecule has 1 aromatic carbocycles. The Kier molecular flexibility index (Phi) is 3.20. The highest BCUT2D eigenvalue weighted by Gasteiger charge is 2.19. The van der Waals surface area contributed by atoms with Gasteiger partial charge in [-0.2, -0.15) is 0 Å². The second kappa shape index (κ2) is 4.98. The van der Waals surface area contributed by atoms with E-state index >= 15 is 0 Å². The Morgan fingerprint density at radius 3 is 2.65 bits per heavy atom. The van der Waals surface area contributed by atoms with Crippen molar-refractivity contribution in [3.05, 3.63) is 41.5 Å². The van der Waals surface area contributed by atoms with Crippen molar-refractivity contribution in [1.29, 1.82) is 0 Å². The zero-order valence-electron chi connectivity index (χ0n) is 9.63. The molecule has 0 bridgehead atoms. The number of aromatic nitrogens is 1. The fraction of sp³-hybridized carbons (Fsp3) is 0.357. The van der Waals surface area contributed by atoms with Crippen LogP contribution in [0.15, 0.2) is 36.5 Å². The lowest BCUT2D eigenvalue weighted by molar-refractivity contribution is 0.0853. The van der Waals surface area contributed by atoms with Gasteiger partial charge in [0, 0.05) is 25.3 Å². The minimum atomic E-state index is 0.603. The number of hydrogen-bond acceptors (Lipinski definition) is 3. The van der Waals surface area contributed by atoms with Crippen LogP contribution in [0, 0.1) is 0 Å². The van der Waals surface area contributed by atoms with Crippen LogP contribution in [0.1, 0.15) is 23.8 Å². The fourth-order valence-corrected chi connectivity index (χ4v) is 3.25. The summed E-state index contributed by atoms with van der Waals surface area (Å²) in [6.07, 6.45) is 4.23. The van der Waals surface area contributed by atoms with Gasteiger partial charge in [-0.25, -0.2) is 4.98 Å². The van der Waals surface area contributed by atoms with Gasteiger partial charge < -0.3 is 4.74 Å². The predicted octanol–water partition coefficient (Wildman–Crippen LogP) is 3.70. The maximum absolute atomic E-state index is 5.39. The Hall–Kier alpha value is -1.19. The molecule has 0 spiro atoms. The summed E-state index contributed by atoms with van der Waals surface area (Å²) in [4.78, 5) is 5.85. The number of hydrogen-bond donors (Lipinski definition) is 0. The Balaban J connectivity index is 1.83. The Morgan fingerprint density at radius 1 is 1.12 bits per heavy atom. The zero-order chi connectivity index (χ0) is 11.5. The molecular formula is C14H15NOS. The van der Waals surface area contributed by atoms with Gasteiger partial charge in [0.15, 0.2) is 0 Å². The molecule has 0 saturated carbocycles. The van der Waals surface area contributed by atoms with Crippen molar-refractivity contribution in [3.63, 3.8) is 0 Å². The van der Waals surface area contributed by atoms with Crippen molar-refractivity contribution >= 4 is 11.3 Å². The summed E-state index contributed by atoms with van der Waals surface area (Å²) >= 11 is 1.83. The van der Waals surface area contributed by atoms with E-state index in [4.69, 9.17) is 4.74 Å². The molecule has 0 amide bonds. The standard InChI is InChI=1S/C14H15NOS/c1-2-4-11(5-3-1)13-10-15-14(17-13)12-6-8-16-9-7-12/h1-5,10,12H,6-9H2. The molecule has 1 saturated heterocycles. The lowest BCUT2D eigenvalue weighted by Crippen LogP contribution is -2.13. The molecule has 0 aliphatic carbocycles. The second-order valence-corrected chi connectivity index (χ2v) is 5.38. The summed E-state index contributed by atoms with van der Waals surface area (Å²) in [6, 6.07) is 10.5. The van der Waals surface area contributed by atoms with Gasteiger partial charge in [-0.05, 0) is 18.4 Å². The fourth-order valence-electron chi connectivity index (χ4n) is 2.16. The van der Waals surface area contributed by atoms with E-state index in [9.17, 15) is 0 Å². The highest BCUT2D eigenvalue weighted by Crippen LogP contribution is 2.34. The van der Waals surface area contributed by atoms with Gasteiger partial charge in [0.25, 0.3) is 0 Å².